The van der Waals surface area contributed by atoms with E-state index >= 15 is 0 Å². The van der Waals surface area contributed by atoms with E-state index in [1.165, 1.54) is 25.7 Å². The van der Waals surface area contributed by atoms with Crippen molar-refractivity contribution in [3.8, 4) is 12.3 Å². The fourth-order valence-corrected chi connectivity index (χ4v) is 3.28. The Morgan fingerprint density at radius 1 is 1.44 bits per heavy atom. The molecule has 1 atom stereocenters. The van der Waals surface area contributed by atoms with E-state index in [1.54, 1.807) is 0 Å². The molecule has 0 aromatic rings. The van der Waals surface area contributed by atoms with Crippen molar-refractivity contribution in [1.82, 2.24) is 10.3 Å². The fourth-order valence-electron chi connectivity index (χ4n) is 3.28. The highest BCUT2D eigenvalue weighted by Gasteiger charge is 2.42. The van der Waals surface area contributed by atoms with Gasteiger partial charge in [0.05, 0.1) is 0 Å². The summed E-state index contributed by atoms with van der Waals surface area (Å²) in [6.45, 7) is 2.35. The number of hydrazine groups is 1. The van der Waals surface area contributed by atoms with E-state index in [0.29, 0.717) is 6.04 Å². The minimum absolute atomic E-state index is 0.204. The van der Waals surface area contributed by atoms with Crippen molar-refractivity contribution in [1.29, 1.82) is 0 Å². The Morgan fingerprint density at radius 2 is 2.06 bits per heavy atom. The van der Waals surface area contributed by atoms with Gasteiger partial charge in [-0.2, -0.15) is 0 Å². The van der Waals surface area contributed by atoms with Crippen molar-refractivity contribution in [2.45, 2.75) is 63.5 Å². The summed E-state index contributed by atoms with van der Waals surface area (Å²) in [7, 11) is 4.36. The molecule has 3 heteroatoms. The topological polar surface area (TPSA) is 41.3 Å². The Balaban J connectivity index is 2.72. The molecule has 104 valence electrons. The van der Waals surface area contributed by atoms with Gasteiger partial charge in [-0.1, -0.05) is 6.92 Å². The number of hydrogen-bond acceptors (Lipinski definition) is 3. The molecule has 0 bridgehead atoms. The minimum Gasteiger partial charge on any atom is -0.302 e. The predicted molar refractivity (Wildman–Crippen MR) is 77.8 cm³/mol. The number of nitrogens with zero attached hydrogens (tertiary/aromatic N) is 1. The van der Waals surface area contributed by atoms with Crippen LogP contribution < -0.4 is 11.3 Å². The van der Waals surface area contributed by atoms with Crippen molar-refractivity contribution in [3.05, 3.63) is 0 Å². The summed E-state index contributed by atoms with van der Waals surface area (Å²) in [4.78, 5) is 2.37. The smallest absolute Gasteiger partial charge is 0.0394 e. The normalized spacial score (nSPS) is 30.1. The van der Waals surface area contributed by atoms with E-state index in [2.05, 4.69) is 37.3 Å². The van der Waals surface area contributed by atoms with E-state index in [0.717, 1.165) is 25.2 Å². The van der Waals surface area contributed by atoms with Gasteiger partial charge in [-0.3, -0.25) is 11.3 Å². The van der Waals surface area contributed by atoms with Gasteiger partial charge in [-0.05, 0) is 58.5 Å². The zero-order valence-corrected chi connectivity index (χ0v) is 12.2. The van der Waals surface area contributed by atoms with Gasteiger partial charge in [0.25, 0.3) is 0 Å². The SMILES string of the molecule is C#CCCCC(NN)C1(N(C)C)CCC(C)CC1. The summed E-state index contributed by atoms with van der Waals surface area (Å²) < 4.78 is 0. The van der Waals surface area contributed by atoms with Crippen LogP contribution in [0, 0.1) is 18.3 Å². The van der Waals surface area contributed by atoms with Crippen molar-refractivity contribution < 1.29 is 0 Å². The zero-order valence-electron chi connectivity index (χ0n) is 12.2. The summed E-state index contributed by atoms with van der Waals surface area (Å²) in [6.07, 6.45) is 13.3. The summed E-state index contributed by atoms with van der Waals surface area (Å²) in [6, 6.07) is 0.341. The highest BCUT2D eigenvalue weighted by atomic mass is 15.3. The van der Waals surface area contributed by atoms with E-state index in [9.17, 15) is 0 Å². The second-order valence-corrected chi connectivity index (χ2v) is 6.00. The van der Waals surface area contributed by atoms with Crippen LogP contribution in [0.25, 0.3) is 0 Å². The number of rotatable bonds is 6. The largest absolute Gasteiger partial charge is 0.302 e. The third-order valence-corrected chi connectivity index (χ3v) is 4.69. The van der Waals surface area contributed by atoms with Gasteiger partial charge in [0, 0.05) is 18.0 Å². The number of unbranched alkanes of at least 4 members (excludes halogenated alkanes) is 1. The molecule has 0 heterocycles. The Bertz CT molecular complexity index is 272. The summed E-state index contributed by atoms with van der Waals surface area (Å²) in [5, 5.41) is 0. The monoisotopic (exact) mass is 251 g/mol. The maximum Gasteiger partial charge on any atom is 0.0394 e. The number of terminal acetylenes is 1. The Labute approximate surface area is 112 Å². The van der Waals surface area contributed by atoms with Gasteiger partial charge in [0.1, 0.15) is 0 Å². The molecule has 0 aromatic heterocycles. The molecular formula is C15H29N3. The van der Waals surface area contributed by atoms with Gasteiger partial charge in [0.2, 0.25) is 0 Å². The summed E-state index contributed by atoms with van der Waals surface area (Å²) >= 11 is 0. The van der Waals surface area contributed by atoms with Crippen LogP contribution in [0.3, 0.4) is 0 Å². The number of hydrogen-bond donors (Lipinski definition) is 2. The lowest BCUT2D eigenvalue weighted by atomic mass is 9.71. The molecule has 1 aliphatic rings. The Hall–Kier alpha value is -0.560. The second-order valence-electron chi connectivity index (χ2n) is 6.00. The van der Waals surface area contributed by atoms with Crippen molar-refractivity contribution in [3.63, 3.8) is 0 Å². The molecule has 0 amide bonds. The van der Waals surface area contributed by atoms with Crippen LogP contribution in [0.15, 0.2) is 0 Å². The van der Waals surface area contributed by atoms with Gasteiger partial charge < -0.3 is 4.90 Å². The van der Waals surface area contributed by atoms with Crippen LogP contribution in [0.4, 0.5) is 0 Å². The number of nitrogens with two attached hydrogens (primary N) is 1. The Morgan fingerprint density at radius 3 is 2.50 bits per heavy atom. The molecule has 0 radical (unpaired) electrons. The maximum atomic E-state index is 5.82. The molecule has 0 aromatic carbocycles. The third kappa shape index (κ3) is 3.47. The third-order valence-electron chi connectivity index (χ3n) is 4.69. The molecule has 1 saturated carbocycles. The van der Waals surface area contributed by atoms with Gasteiger partial charge in [-0.25, -0.2) is 0 Å². The van der Waals surface area contributed by atoms with Gasteiger partial charge in [-0.15, -0.1) is 12.3 Å². The first kappa shape index (κ1) is 15.5. The summed E-state index contributed by atoms with van der Waals surface area (Å²) in [5.74, 6) is 9.38. The number of likely N-dealkylation sites (N-methyl/N-ethyl adjacent to an activating group) is 1. The molecule has 0 saturated heterocycles. The molecule has 1 rings (SSSR count). The van der Waals surface area contributed by atoms with Crippen LogP contribution in [0.1, 0.15) is 51.9 Å². The number of nitrogens with one attached hydrogen (secondary N) is 1. The standard InChI is InChI=1S/C15H29N3/c1-5-6-7-8-14(17-16)15(18(3)4)11-9-13(2)10-12-15/h1,13-14,17H,6-12,16H2,2-4H3. The first-order valence-corrected chi connectivity index (χ1v) is 7.14. The first-order chi connectivity index (χ1) is 8.56. The highest BCUT2D eigenvalue weighted by molar-refractivity contribution is 5.01. The first-order valence-electron chi connectivity index (χ1n) is 7.14. The molecule has 3 N–H and O–H groups in total. The van der Waals surface area contributed by atoms with Gasteiger partial charge in [0.15, 0.2) is 0 Å². The van der Waals surface area contributed by atoms with Crippen LogP contribution in [-0.2, 0) is 0 Å². The molecule has 1 fully saturated rings. The molecular weight excluding hydrogens is 222 g/mol. The average Bonchev–Trinajstić information content (AvgIpc) is 2.36. The highest BCUT2D eigenvalue weighted by Crippen LogP contribution is 2.38. The fraction of sp³-hybridized carbons (Fsp3) is 0.867. The van der Waals surface area contributed by atoms with Gasteiger partial charge >= 0.3 is 0 Å². The Kier molecular flexibility index (Phi) is 6.14. The second kappa shape index (κ2) is 7.13. The molecule has 1 aliphatic carbocycles. The molecule has 18 heavy (non-hydrogen) atoms. The van der Waals surface area contributed by atoms with Crippen LogP contribution in [0.2, 0.25) is 0 Å². The lowest BCUT2D eigenvalue weighted by molar-refractivity contribution is 0.0398. The molecule has 1 unspecified atom stereocenters. The summed E-state index contributed by atoms with van der Waals surface area (Å²) in [5.41, 5.74) is 3.26. The van der Waals surface area contributed by atoms with Crippen LogP contribution in [-0.4, -0.2) is 30.6 Å². The maximum absolute atomic E-state index is 5.82. The quantitative estimate of drug-likeness (QED) is 0.329. The van der Waals surface area contributed by atoms with Crippen molar-refractivity contribution >= 4 is 0 Å². The lowest BCUT2D eigenvalue weighted by Gasteiger charge is -2.49. The van der Waals surface area contributed by atoms with Crippen LogP contribution >= 0.6 is 0 Å². The van der Waals surface area contributed by atoms with E-state index in [4.69, 9.17) is 12.3 Å². The molecule has 3 nitrogen and oxygen atoms in total. The van der Waals surface area contributed by atoms with E-state index in [1.807, 2.05) is 0 Å². The lowest BCUT2D eigenvalue weighted by Crippen LogP contribution is -2.61. The van der Waals surface area contributed by atoms with Crippen molar-refractivity contribution in [2.75, 3.05) is 14.1 Å². The van der Waals surface area contributed by atoms with E-state index < -0.39 is 0 Å². The van der Waals surface area contributed by atoms with E-state index in [-0.39, 0.29) is 5.54 Å². The average molecular weight is 251 g/mol. The zero-order chi connectivity index (χ0) is 13.6. The molecule has 0 spiro atoms. The predicted octanol–water partition coefficient (Wildman–Crippen LogP) is 2.13. The molecule has 0 aliphatic heterocycles. The van der Waals surface area contributed by atoms with Crippen molar-refractivity contribution in [2.24, 2.45) is 11.8 Å². The van der Waals surface area contributed by atoms with Crippen LogP contribution in [0.5, 0.6) is 0 Å². The minimum atomic E-state index is 0.204.